The largest absolute Gasteiger partial charge is 0.461 e. The van der Waals surface area contributed by atoms with E-state index in [4.69, 9.17) is 14.2 Å². The van der Waals surface area contributed by atoms with Crippen LogP contribution in [0.1, 0.15) is 40.0 Å². The molecule has 0 aromatic carbocycles. The van der Waals surface area contributed by atoms with Crippen molar-refractivity contribution in [3.8, 4) is 0 Å². The van der Waals surface area contributed by atoms with Gasteiger partial charge in [0.2, 0.25) is 0 Å². The Morgan fingerprint density at radius 3 is 2.76 bits per heavy atom. The van der Waals surface area contributed by atoms with Crippen LogP contribution in [0.3, 0.4) is 0 Å². The van der Waals surface area contributed by atoms with Crippen molar-refractivity contribution >= 4 is 17.9 Å². The molecule has 0 bridgehead atoms. The third-order valence-electron chi connectivity index (χ3n) is 5.05. The maximum absolute atomic E-state index is 12.7. The van der Waals surface area contributed by atoms with Crippen molar-refractivity contribution in [2.75, 3.05) is 13.2 Å². The fraction of sp³-hybridized carbons (Fsp3) is 0.500. The van der Waals surface area contributed by atoms with Gasteiger partial charge in [-0.1, -0.05) is 24.3 Å². The lowest BCUT2D eigenvalue weighted by Gasteiger charge is -2.28. The second-order valence-corrected chi connectivity index (χ2v) is 7.24. The number of ether oxygens (including phenoxy) is 3. The van der Waals surface area contributed by atoms with Gasteiger partial charge in [-0.15, -0.1) is 0 Å². The monoisotopic (exact) mass is 404 g/mol. The molecular weight excluding hydrogens is 376 g/mol. The predicted octanol–water partition coefficient (Wildman–Crippen LogP) is 2.55. The van der Waals surface area contributed by atoms with Crippen LogP contribution in [0.4, 0.5) is 0 Å². The Bertz CT molecular complexity index is 772. The van der Waals surface area contributed by atoms with Crippen molar-refractivity contribution in [3.63, 3.8) is 0 Å². The maximum atomic E-state index is 12.7. The maximum Gasteiger partial charge on any atom is 0.337 e. The highest BCUT2D eigenvalue weighted by atomic mass is 16.6. The van der Waals surface area contributed by atoms with Crippen molar-refractivity contribution in [3.05, 3.63) is 47.1 Å². The van der Waals surface area contributed by atoms with Gasteiger partial charge in [-0.2, -0.15) is 0 Å². The number of carbonyl (C=O) groups excluding carboxylic acids is 3. The lowest BCUT2D eigenvalue weighted by Crippen LogP contribution is -2.34. The fourth-order valence-corrected chi connectivity index (χ4v) is 3.41. The Balaban J connectivity index is 2.33. The van der Waals surface area contributed by atoms with E-state index >= 15 is 0 Å². The van der Waals surface area contributed by atoms with Crippen LogP contribution in [0.5, 0.6) is 0 Å². The Hall–Kier alpha value is -2.67. The number of hydrogen-bond acceptors (Lipinski definition) is 7. The third kappa shape index (κ3) is 5.90. The van der Waals surface area contributed by atoms with Gasteiger partial charge in [0.05, 0.1) is 18.1 Å². The first-order valence-electron chi connectivity index (χ1n) is 9.62. The van der Waals surface area contributed by atoms with Crippen molar-refractivity contribution in [2.24, 2.45) is 5.92 Å². The van der Waals surface area contributed by atoms with Gasteiger partial charge in [0.15, 0.2) is 0 Å². The molecule has 7 nitrogen and oxygen atoms in total. The minimum absolute atomic E-state index is 0.181. The summed E-state index contributed by atoms with van der Waals surface area (Å²) in [4.78, 5) is 35.9. The summed E-state index contributed by atoms with van der Waals surface area (Å²) in [6.07, 6.45) is 5.69. The van der Waals surface area contributed by atoms with Gasteiger partial charge >= 0.3 is 17.9 Å². The van der Waals surface area contributed by atoms with Gasteiger partial charge in [0, 0.05) is 18.9 Å². The highest BCUT2D eigenvalue weighted by Gasteiger charge is 2.44. The predicted molar refractivity (Wildman–Crippen MR) is 106 cm³/mol. The van der Waals surface area contributed by atoms with Gasteiger partial charge in [-0.3, -0.25) is 4.79 Å². The average molecular weight is 404 g/mol. The zero-order valence-electron chi connectivity index (χ0n) is 17.1. The zero-order valence-corrected chi connectivity index (χ0v) is 17.1. The first kappa shape index (κ1) is 22.6. The van der Waals surface area contributed by atoms with Crippen LogP contribution >= 0.6 is 0 Å². The number of allylic oxidation sites excluding steroid dienone is 3. The van der Waals surface area contributed by atoms with Crippen LogP contribution in [-0.4, -0.2) is 48.4 Å². The number of fused-ring (bicyclic) bond motifs is 1. The number of aliphatic hydroxyl groups excluding tert-OH is 1. The van der Waals surface area contributed by atoms with E-state index in [0.717, 1.165) is 18.4 Å². The molecule has 0 amide bonds. The summed E-state index contributed by atoms with van der Waals surface area (Å²) < 4.78 is 16.1. The van der Waals surface area contributed by atoms with E-state index in [1.54, 1.807) is 6.92 Å². The average Bonchev–Trinajstić information content (AvgIpc) is 2.93. The summed E-state index contributed by atoms with van der Waals surface area (Å²) in [7, 11) is 0. The molecule has 2 aliphatic rings. The Morgan fingerprint density at radius 1 is 1.41 bits per heavy atom. The quantitative estimate of drug-likeness (QED) is 0.325. The topological polar surface area (TPSA) is 99.1 Å². The molecule has 3 atom stereocenters. The third-order valence-corrected chi connectivity index (χ3v) is 5.05. The van der Waals surface area contributed by atoms with Gasteiger partial charge in [0.25, 0.3) is 0 Å². The van der Waals surface area contributed by atoms with E-state index in [-0.39, 0.29) is 30.8 Å². The highest BCUT2D eigenvalue weighted by Crippen LogP contribution is 2.36. The van der Waals surface area contributed by atoms with Crippen LogP contribution < -0.4 is 0 Å². The molecule has 158 valence electrons. The molecule has 1 saturated heterocycles. The molecule has 1 N–H and O–H groups in total. The molecule has 0 spiro atoms. The molecule has 7 heteroatoms. The second kappa shape index (κ2) is 10.2. The molecular formula is C22H28O7. The second-order valence-electron chi connectivity index (χ2n) is 7.24. The normalized spacial score (nSPS) is 25.4. The van der Waals surface area contributed by atoms with Crippen molar-refractivity contribution < 1.29 is 33.7 Å². The molecule has 0 radical (unpaired) electrons. The van der Waals surface area contributed by atoms with Crippen molar-refractivity contribution in [1.82, 2.24) is 0 Å². The van der Waals surface area contributed by atoms with E-state index < -0.39 is 36.0 Å². The lowest BCUT2D eigenvalue weighted by atomic mass is 9.85. The van der Waals surface area contributed by atoms with Gasteiger partial charge < -0.3 is 19.3 Å². The number of carbonyl (C=O) groups is 3. The lowest BCUT2D eigenvalue weighted by molar-refractivity contribution is -0.149. The Morgan fingerprint density at radius 2 is 2.14 bits per heavy atom. The van der Waals surface area contributed by atoms with Gasteiger partial charge in [0.1, 0.15) is 18.8 Å². The van der Waals surface area contributed by atoms with Crippen molar-refractivity contribution in [2.45, 2.75) is 52.2 Å². The summed E-state index contributed by atoms with van der Waals surface area (Å²) in [6, 6.07) is 0. The van der Waals surface area contributed by atoms with Gasteiger partial charge in [-0.25, -0.2) is 9.59 Å². The van der Waals surface area contributed by atoms with Crippen LogP contribution in [0.15, 0.2) is 47.1 Å². The molecule has 0 aromatic rings. The summed E-state index contributed by atoms with van der Waals surface area (Å²) >= 11 is 0. The smallest absolute Gasteiger partial charge is 0.337 e. The molecule has 1 aliphatic heterocycles. The van der Waals surface area contributed by atoms with E-state index in [1.165, 1.54) is 13.0 Å². The Kier molecular flexibility index (Phi) is 7.96. The minimum Gasteiger partial charge on any atom is -0.461 e. The Labute approximate surface area is 170 Å². The molecule has 1 fully saturated rings. The van der Waals surface area contributed by atoms with E-state index in [1.807, 2.05) is 19.1 Å². The summed E-state index contributed by atoms with van der Waals surface area (Å²) in [5, 5.41) is 9.73. The molecule has 1 aliphatic carbocycles. The first-order chi connectivity index (χ1) is 13.8. The van der Waals surface area contributed by atoms with Crippen LogP contribution in [0.2, 0.25) is 0 Å². The van der Waals surface area contributed by atoms with Crippen molar-refractivity contribution in [1.29, 1.82) is 0 Å². The zero-order chi connectivity index (χ0) is 21.6. The van der Waals surface area contributed by atoms with E-state index in [0.29, 0.717) is 5.57 Å². The van der Waals surface area contributed by atoms with Crippen LogP contribution in [0, 0.1) is 5.92 Å². The summed E-state index contributed by atoms with van der Waals surface area (Å²) in [5.41, 5.74) is 2.17. The standard InChI is InChI=1S/C22H28O7/c1-5-17(12-27-15(4)24)22(26)29-19-10-16(11-23)8-6-7-13(2)9-18-20(19)14(3)21(25)28-18/h5,8-9,18-20,23H,3,6-7,10-12H2,1-2,4H3. The minimum atomic E-state index is -0.765. The van der Waals surface area contributed by atoms with E-state index in [2.05, 4.69) is 6.58 Å². The molecule has 0 saturated carbocycles. The van der Waals surface area contributed by atoms with E-state index in [9.17, 15) is 19.5 Å². The summed E-state index contributed by atoms with van der Waals surface area (Å²) in [5.74, 6) is -2.25. The fourth-order valence-electron chi connectivity index (χ4n) is 3.41. The summed E-state index contributed by atoms with van der Waals surface area (Å²) in [6.45, 7) is 8.29. The number of rotatable bonds is 5. The number of aliphatic hydroxyl groups is 1. The number of esters is 3. The molecule has 2 rings (SSSR count). The molecule has 1 heterocycles. The SMILES string of the molecule is C=C1C(=O)OC2C=C(C)CCC=C(CO)CC(OC(=O)C(=CC)COC(C)=O)C12. The molecule has 3 unspecified atom stereocenters. The number of hydrogen-bond donors (Lipinski definition) is 1. The highest BCUT2D eigenvalue weighted by molar-refractivity contribution is 5.92. The molecule has 0 aromatic heterocycles. The van der Waals surface area contributed by atoms with Gasteiger partial charge in [-0.05, 0) is 38.3 Å². The van der Waals surface area contributed by atoms with Crippen LogP contribution in [-0.2, 0) is 28.6 Å². The van der Waals surface area contributed by atoms with Crippen LogP contribution in [0.25, 0.3) is 0 Å². The molecule has 29 heavy (non-hydrogen) atoms. The first-order valence-corrected chi connectivity index (χ1v) is 9.62.